The Morgan fingerprint density at radius 1 is 1.11 bits per heavy atom. The zero-order valence-electron chi connectivity index (χ0n) is 16.8. The molecular weight excluding hydrogens is 463 g/mol. The maximum absolute atomic E-state index is 11.8. The van der Waals surface area contributed by atoms with Gasteiger partial charge in [0.25, 0.3) is 5.56 Å². The number of halogens is 1. The minimum atomic E-state index is 0. The standard InChI is InChI=1S/C22H30N4O.HI/c1-3-23-22(25-14-11-18(2)12-15-25)24-16-19-7-9-20(10-8-19)17-26-13-5-4-6-21(26)27;/h4-10,13,18H,3,11-12,14-17H2,1-2H3,(H,23,24);1H. The fourth-order valence-electron chi connectivity index (χ4n) is 3.35. The molecule has 5 nitrogen and oxygen atoms in total. The molecule has 1 aromatic carbocycles. The quantitative estimate of drug-likeness (QED) is 0.392. The van der Waals surface area contributed by atoms with Crippen molar-refractivity contribution in [1.82, 2.24) is 14.8 Å². The molecule has 2 aromatic rings. The number of aliphatic imine (C=N–C) groups is 1. The number of likely N-dealkylation sites (tertiary alicyclic amines) is 1. The van der Waals surface area contributed by atoms with E-state index >= 15 is 0 Å². The van der Waals surface area contributed by atoms with Crippen molar-refractivity contribution in [3.8, 4) is 0 Å². The third-order valence-electron chi connectivity index (χ3n) is 5.10. The Kier molecular flexibility index (Phi) is 9.02. The van der Waals surface area contributed by atoms with Crippen LogP contribution in [0.4, 0.5) is 0 Å². The molecule has 28 heavy (non-hydrogen) atoms. The van der Waals surface area contributed by atoms with Crippen molar-refractivity contribution in [3.05, 3.63) is 70.1 Å². The van der Waals surface area contributed by atoms with Crippen LogP contribution in [0.5, 0.6) is 0 Å². The molecule has 0 spiro atoms. The van der Waals surface area contributed by atoms with Gasteiger partial charge >= 0.3 is 0 Å². The van der Waals surface area contributed by atoms with E-state index in [1.165, 1.54) is 18.4 Å². The van der Waals surface area contributed by atoms with Crippen molar-refractivity contribution in [1.29, 1.82) is 0 Å². The van der Waals surface area contributed by atoms with E-state index in [1.54, 1.807) is 16.7 Å². The highest BCUT2D eigenvalue weighted by molar-refractivity contribution is 14.0. The van der Waals surface area contributed by atoms with Crippen LogP contribution in [-0.4, -0.2) is 35.1 Å². The molecule has 6 heteroatoms. The highest BCUT2D eigenvalue weighted by Gasteiger charge is 2.18. The Labute approximate surface area is 184 Å². The van der Waals surface area contributed by atoms with Gasteiger partial charge in [-0.25, -0.2) is 4.99 Å². The van der Waals surface area contributed by atoms with Gasteiger partial charge in [-0.2, -0.15) is 0 Å². The van der Waals surface area contributed by atoms with Gasteiger partial charge in [0.1, 0.15) is 0 Å². The van der Waals surface area contributed by atoms with Crippen molar-refractivity contribution < 1.29 is 0 Å². The van der Waals surface area contributed by atoms with Crippen LogP contribution in [0.25, 0.3) is 0 Å². The number of hydrogen-bond donors (Lipinski definition) is 1. The van der Waals surface area contributed by atoms with E-state index < -0.39 is 0 Å². The molecule has 1 N–H and O–H groups in total. The molecule has 0 unspecified atom stereocenters. The van der Waals surface area contributed by atoms with Crippen molar-refractivity contribution >= 4 is 29.9 Å². The van der Waals surface area contributed by atoms with Crippen LogP contribution in [0, 0.1) is 5.92 Å². The zero-order chi connectivity index (χ0) is 19.1. The molecule has 3 rings (SSSR count). The van der Waals surface area contributed by atoms with Gasteiger partial charge in [0.15, 0.2) is 5.96 Å². The van der Waals surface area contributed by atoms with Gasteiger partial charge in [-0.3, -0.25) is 4.79 Å². The molecule has 152 valence electrons. The van der Waals surface area contributed by atoms with Crippen LogP contribution in [0.15, 0.2) is 58.4 Å². The van der Waals surface area contributed by atoms with Crippen LogP contribution >= 0.6 is 24.0 Å². The van der Waals surface area contributed by atoms with E-state index in [4.69, 9.17) is 4.99 Å². The predicted molar refractivity (Wildman–Crippen MR) is 126 cm³/mol. The molecule has 1 aliphatic rings. The average Bonchev–Trinajstić information content (AvgIpc) is 2.69. The molecule has 1 fully saturated rings. The summed E-state index contributed by atoms with van der Waals surface area (Å²) in [6.07, 6.45) is 4.29. The third-order valence-corrected chi connectivity index (χ3v) is 5.10. The van der Waals surface area contributed by atoms with Crippen LogP contribution in [-0.2, 0) is 13.1 Å². The number of nitrogens with zero attached hydrogens (tertiary/aromatic N) is 3. The molecular formula is C22H31IN4O. The SMILES string of the molecule is CCNC(=NCc1ccc(Cn2ccccc2=O)cc1)N1CCC(C)CC1.I. The first-order chi connectivity index (χ1) is 13.2. The summed E-state index contributed by atoms with van der Waals surface area (Å²) in [5.74, 6) is 1.83. The molecule has 1 aromatic heterocycles. The van der Waals surface area contributed by atoms with Gasteiger partial charge in [-0.1, -0.05) is 37.3 Å². The lowest BCUT2D eigenvalue weighted by Crippen LogP contribution is -2.45. The largest absolute Gasteiger partial charge is 0.357 e. The summed E-state index contributed by atoms with van der Waals surface area (Å²) in [6, 6.07) is 13.6. The molecule has 0 radical (unpaired) electrons. The van der Waals surface area contributed by atoms with Crippen molar-refractivity contribution in [2.75, 3.05) is 19.6 Å². The minimum absolute atomic E-state index is 0. The molecule has 0 amide bonds. The predicted octanol–water partition coefficient (Wildman–Crippen LogP) is 3.71. The fourth-order valence-corrected chi connectivity index (χ4v) is 3.35. The summed E-state index contributed by atoms with van der Waals surface area (Å²) in [6.45, 7) is 8.75. The van der Waals surface area contributed by atoms with E-state index in [-0.39, 0.29) is 29.5 Å². The first kappa shape index (κ1) is 22.5. The van der Waals surface area contributed by atoms with Crippen molar-refractivity contribution in [2.24, 2.45) is 10.9 Å². The highest BCUT2D eigenvalue weighted by Crippen LogP contribution is 2.16. The van der Waals surface area contributed by atoms with Crippen LogP contribution in [0.2, 0.25) is 0 Å². The van der Waals surface area contributed by atoms with E-state index in [0.29, 0.717) is 13.1 Å². The van der Waals surface area contributed by atoms with Gasteiger partial charge < -0.3 is 14.8 Å². The summed E-state index contributed by atoms with van der Waals surface area (Å²) in [7, 11) is 0. The summed E-state index contributed by atoms with van der Waals surface area (Å²) in [5, 5.41) is 3.43. The lowest BCUT2D eigenvalue weighted by molar-refractivity contribution is 0.273. The Balaban J connectivity index is 0.00000280. The van der Waals surface area contributed by atoms with E-state index in [1.807, 2.05) is 12.3 Å². The van der Waals surface area contributed by atoms with Gasteiger partial charge in [0.05, 0.1) is 13.1 Å². The summed E-state index contributed by atoms with van der Waals surface area (Å²) >= 11 is 0. The van der Waals surface area contributed by atoms with Crippen LogP contribution < -0.4 is 10.9 Å². The normalized spacial score (nSPS) is 15.2. The van der Waals surface area contributed by atoms with Gasteiger partial charge in [0, 0.05) is 31.9 Å². The highest BCUT2D eigenvalue weighted by atomic mass is 127. The second kappa shape index (κ2) is 11.2. The monoisotopic (exact) mass is 494 g/mol. The first-order valence-corrected chi connectivity index (χ1v) is 9.92. The number of rotatable bonds is 5. The molecule has 0 atom stereocenters. The number of nitrogens with one attached hydrogen (secondary N) is 1. The average molecular weight is 494 g/mol. The number of hydrogen-bond acceptors (Lipinski definition) is 2. The number of benzene rings is 1. The topological polar surface area (TPSA) is 49.6 Å². The van der Waals surface area contributed by atoms with Gasteiger partial charge in [-0.05, 0) is 42.9 Å². The lowest BCUT2D eigenvalue weighted by Gasteiger charge is -2.33. The van der Waals surface area contributed by atoms with E-state index in [2.05, 4.69) is 48.3 Å². The number of aromatic nitrogens is 1. The maximum Gasteiger partial charge on any atom is 0.250 e. The lowest BCUT2D eigenvalue weighted by atomic mass is 10.00. The summed E-state index contributed by atoms with van der Waals surface area (Å²) in [5.41, 5.74) is 2.32. The smallest absolute Gasteiger partial charge is 0.250 e. The van der Waals surface area contributed by atoms with Gasteiger partial charge in [0.2, 0.25) is 0 Å². The summed E-state index contributed by atoms with van der Waals surface area (Å²) < 4.78 is 1.72. The maximum atomic E-state index is 11.8. The molecule has 2 heterocycles. The van der Waals surface area contributed by atoms with Crippen LogP contribution in [0.1, 0.15) is 37.8 Å². The fraction of sp³-hybridized carbons (Fsp3) is 0.455. The Morgan fingerprint density at radius 3 is 2.43 bits per heavy atom. The zero-order valence-corrected chi connectivity index (χ0v) is 19.1. The number of piperidine rings is 1. The second-order valence-electron chi connectivity index (χ2n) is 7.32. The summed E-state index contributed by atoms with van der Waals surface area (Å²) in [4.78, 5) is 19.0. The van der Waals surface area contributed by atoms with Crippen molar-refractivity contribution in [3.63, 3.8) is 0 Å². The molecule has 0 bridgehead atoms. The third kappa shape index (κ3) is 6.36. The van der Waals surface area contributed by atoms with Crippen LogP contribution in [0.3, 0.4) is 0 Å². The molecule has 0 saturated carbocycles. The Hall–Kier alpha value is -1.83. The molecule has 1 saturated heterocycles. The number of guanidine groups is 1. The Morgan fingerprint density at radius 2 is 1.79 bits per heavy atom. The Bertz CT molecular complexity index is 808. The van der Waals surface area contributed by atoms with E-state index in [0.717, 1.165) is 37.1 Å². The minimum Gasteiger partial charge on any atom is -0.357 e. The second-order valence-corrected chi connectivity index (χ2v) is 7.32. The van der Waals surface area contributed by atoms with E-state index in [9.17, 15) is 4.79 Å². The molecule has 1 aliphatic heterocycles. The van der Waals surface area contributed by atoms with Crippen molar-refractivity contribution in [2.45, 2.75) is 39.8 Å². The first-order valence-electron chi connectivity index (χ1n) is 9.92. The molecule has 0 aliphatic carbocycles. The number of pyridine rings is 1. The van der Waals surface area contributed by atoms with Gasteiger partial charge in [-0.15, -0.1) is 24.0 Å².